The minimum absolute atomic E-state index is 0.191. The van der Waals surface area contributed by atoms with Crippen molar-refractivity contribution >= 4 is 43.1 Å². The molecule has 0 rings (SSSR count). The maximum absolute atomic E-state index is 11.4. The van der Waals surface area contributed by atoms with Gasteiger partial charge in [-0.3, -0.25) is 14.4 Å². The minimum Gasteiger partial charge on any atom is -0.298 e. The van der Waals surface area contributed by atoms with E-state index < -0.39 is 17.0 Å². The highest BCUT2D eigenvalue weighted by molar-refractivity contribution is 7.81. The second-order valence-corrected chi connectivity index (χ2v) is 5.36. The first-order valence-electron chi connectivity index (χ1n) is 5.61. The van der Waals surface area contributed by atoms with Crippen LogP contribution in [0.15, 0.2) is 0 Å². The van der Waals surface area contributed by atoms with Gasteiger partial charge < -0.3 is 0 Å². The summed E-state index contributed by atoms with van der Waals surface area (Å²) < 4.78 is 0. The van der Waals surface area contributed by atoms with E-state index in [4.69, 9.17) is 0 Å². The highest BCUT2D eigenvalue weighted by Crippen LogP contribution is 2.26. The molecule has 3 nitrogen and oxygen atoms in total. The van der Waals surface area contributed by atoms with E-state index in [9.17, 15) is 14.4 Å². The molecule has 0 N–H and O–H groups in total. The monoisotopic (exact) mass is 275 g/mol. The zero-order valence-electron chi connectivity index (χ0n) is 10.2. The van der Waals surface area contributed by atoms with Crippen LogP contribution in [0.3, 0.4) is 0 Å². The van der Waals surface area contributed by atoms with Gasteiger partial charge in [0.15, 0.2) is 17.0 Å². The molecular formula is C12H19O3S2. The quantitative estimate of drug-likeness (QED) is 0.500. The maximum atomic E-state index is 11.4. The van der Waals surface area contributed by atoms with E-state index >= 15 is 0 Å². The van der Waals surface area contributed by atoms with Crippen molar-refractivity contribution in [2.24, 2.45) is 5.41 Å². The van der Waals surface area contributed by atoms with E-state index in [0.717, 1.165) is 18.6 Å². The number of carbonyl (C=O) groups is 2. The van der Waals surface area contributed by atoms with Crippen LogP contribution in [-0.4, -0.2) is 28.9 Å². The molecule has 97 valence electrons. The molecule has 0 spiro atoms. The normalized spacial score (nSPS) is 13.2. The van der Waals surface area contributed by atoms with Gasteiger partial charge in [-0.2, -0.15) is 25.3 Å². The average Bonchev–Trinajstić information content (AvgIpc) is 2.24. The Bertz CT molecular complexity index is 275. The van der Waals surface area contributed by atoms with Gasteiger partial charge in [-0.1, -0.05) is 6.42 Å². The van der Waals surface area contributed by atoms with E-state index in [1.165, 1.54) is 13.8 Å². The van der Waals surface area contributed by atoms with Crippen molar-refractivity contribution < 1.29 is 14.4 Å². The Balaban J connectivity index is 4.43. The lowest BCUT2D eigenvalue weighted by Crippen LogP contribution is -2.38. The van der Waals surface area contributed by atoms with Gasteiger partial charge in [0.1, 0.15) is 0 Å². The Labute approximate surface area is 114 Å². The fraction of sp³-hybridized carbons (Fsp3) is 0.750. The van der Waals surface area contributed by atoms with E-state index in [1.807, 2.05) is 0 Å². The van der Waals surface area contributed by atoms with E-state index in [0.29, 0.717) is 6.42 Å². The van der Waals surface area contributed by atoms with Crippen molar-refractivity contribution in [3.63, 3.8) is 0 Å². The van der Waals surface area contributed by atoms with Crippen molar-refractivity contribution in [3.05, 3.63) is 0 Å². The first kappa shape index (κ1) is 16.7. The number of ketones is 2. The number of hydrogen-bond acceptors (Lipinski definition) is 5. The topological polar surface area (TPSA) is 51.2 Å². The molecule has 1 atom stereocenters. The molecule has 1 radical (unpaired) electrons. The van der Waals surface area contributed by atoms with E-state index in [1.54, 1.807) is 6.29 Å². The zero-order chi connectivity index (χ0) is 13.5. The van der Waals surface area contributed by atoms with Gasteiger partial charge in [0, 0.05) is 5.25 Å². The third-order valence-electron chi connectivity index (χ3n) is 2.93. The molecule has 0 unspecified atom stereocenters. The first-order valence-corrected chi connectivity index (χ1v) is 6.76. The molecular weight excluding hydrogens is 256 g/mol. The average molecular weight is 275 g/mol. The number of hydrogen-bond donors (Lipinski definition) is 2. The number of carbonyl (C=O) groups excluding carboxylic acids is 3. The summed E-state index contributed by atoms with van der Waals surface area (Å²) in [6.45, 7) is 2.52. The van der Waals surface area contributed by atoms with Crippen LogP contribution in [0.2, 0.25) is 0 Å². The number of Topliss-reactive ketones (excluding diaryl/α,β-unsaturated/α-hetero) is 2. The Morgan fingerprint density at radius 1 is 1.24 bits per heavy atom. The summed E-state index contributed by atoms with van der Waals surface area (Å²) in [5.41, 5.74) is -1.56. The molecule has 0 heterocycles. The Kier molecular flexibility index (Phi) is 7.79. The maximum Gasteiger partial charge on any atom is 0.220 e. The lowest BCUT2D eigenvalue weighted by atomic mass is 9.77. The molecule has 0 amide bonds. The third kappa shape index (κ3) is 4.84. The molecule has 0 aromatic carbocycles. The molecule has 0 aliphatic heterocycles. The van der Waals surface area contributed by atoms with Gasteiger partial charge in [-0.25, -0.2) is 0 Å². The summed E-state index contributed by atoms with van der Waals surface area (Å²) in [6, 6.07) is 0. The largest absolute Gasteiger partial charge is 0.298 e. The Morgan fingerprint density at radius 2 is 1.76 bits per heavy atom. The van der Waals surface area contributed by atoms with Gasteiger partial charge in [0.2, 0.25) is 6.29 Å². The fourth-order valence-corrected chi connectivity index (χ4v) is 2.52. The molecule has 0 aliphatic carbocycles. The molecule has 0 aromatic rings. The van der Waals surface area contributed by atoms with Crippen LogP contribution in [0, 0.1) is 5.41 Å². The summed E-state index contributed by atoms with van der Waals surface area (Å²) in [5, 5.41) is 0.191. The second-order valence-electron chi connectivity index (χ2n) is 4.18. The highest BCUT2D eigenvalue weighted by atomic mass is 32.1. The molecule has 0 aliphatic rings. The molecule has 0 bridgehead atoms. The third-order valence-corrected chi connectivity index (χ3v) is 3.70. The fourth-order valence-electron chi connectivity index (χ4n) is 1.69. The Hall–Kier alpha value is -0.290. The second kappa shape index (κ2) is 7.93. The predicted molar refractivity (Wildman–Crippen MR) is 74.6 cm³/mol. The van der Waals surface area contributed by atoms with Crippen molar-refractivity contribution in [3.8, 4) is 0 Å². The molecule has 0 aromatic heterocycles. The molecule has 0 saturated carbocycles. The van der Waals surface area contributed by atoms with Crippen LogP contribution in [-0.2, 0) is 14.4 Å². The van der Waals surface area contributed by atoms with Crippen LogP contribution in [0.25, 0.3) is 0 Å². The standard InChI is InChI=1S/C12H19O3S2/c1-9(14)12(8-13,10(2)15)6-3-4-11(17)5-7-16/h11,16-17H,3-7H2,1-2H3/t11-/m0/s1. The van der Waals surface area contributed by atoms with Gasteiger partial charge >= 0.3 is 0 Å². The van der Waals surface area contributed by atoms with Gasteiger partial charge in [0.25, 0.3) is 0 Å². The summed E-state index contributed by atoms with van der Waals surface area (Å²) in [6.07, 6.45) is 4.09. The SMILES string of the molecule is CC(=O)C([C]=O)(CCC[C@H](S)CCS)C(C)=O. The van der Waals surface area contributed by atoms with E-state index in [-0.39, 0.29) is 11.7 Å². The van der Waals surface area contributed by atoms with Crippen molar-refractivity contribution in [2.75, 3.05) is 5.75 Å². The molecule has 0 saturated heterocycles. The molecule has 5 heteroatoms. The van der Waals surface area contributed by atoms with E-state index in [2.05, 4.69) is 25.3 Å². The highest BCUT2D eigenvalue weighted by Gasteiger charge is 2.40. The first-order chi connectivity index (χ1) is 7.90. The van der Waals surface area contributed by atoms with Crippen LogP contribution in [0.1, 0.15) is 39.5 Å². The lowest BCUT2D eigenvalue weighted by molar-refractivity contribution is -0.134. The number of rotatable bonds is 9. The zero-order valence-corrected chi connectivity index (χ0v) is 12.0. The summed E-state index contributed by atoms with van der Waals surface area (Å²) in [5.74, 6) is -0.103. The smallest absolute Gasteiger partial charge is 0.220 e. The van der Waals surface area contributed by atoms with Crippen LogP contribution in [0.5, 0.6) is 0 Å². The van der Waals surface area contributed by atoms with Crippen molar-refractivity contribution in [1.82, 2.24) is 0 Å². The van der Waals surface area contributed by atoms with Gasteiger partial charge in [-0.05, 0) is 38.9 Å². The van der Waals surface area contributed by atoms with Gasteiger partial charge in [0.05, 0.1) is 0 Å². The molecule has 17 heavy (non-hydrogen) atoms. The number of thiol groups is 2. The van der Waals surface area contributed by atoms with Crippen molar-refractivity contribution in [1.29, 1.82) is 0 Å². The van der Waals surface area contributed by atoms with Crippen LogP contribution < -0.4 is 0 Å². The van der Waals surface area contributed by atoms with Gasteiger partial charge in [-0.15, -0.1) is 0 Å². The van der Waals surface area contributed by atoms with Crippen LogP contribution >= 0.6 is 25.3 Å². The summed E-state index contributed by atoms with van der Waals surface area (Å²) >= 11 is 8.46. The summed E-state index contributed by atoms with van der Waals surface area (Å²) in [7, 11) is 0. The Morgan fingerprint density at radius 3 is 2.12 bits per heavy atom. The minimum atomic E-state index is -1.56. The molecule has 0 fully saturated rings. The predicted octanol–water partition coefficient (Wildman–Crippen LogP) is 2.05. The summed E-state index contributed by atoms with van der Waals surface area (Å²) in [4.78, 5) is 33.8. The lowest BCUT2D eigenvalue weighted by Gasteiger charge is -2.21. The van der Waals surface area contributed by atoms with Crippen molar-refractivity contribution in [2.45, 2.75) is 44.8 Å². The van der Waals surface area contributed by atoms with Crippen LogP contribution in [0.4, 0.5) is 0 Å².